The molecule has 1 aliphatic rings. The Morgan fingerprint density at radius 3 is 2.55 bits per heavy atom. The number of hydrogen-bond acceptors (Lipinski definition) is 8. The standard InChI is InChI=1S/C21H22N6O4/c1-12-18(20(28)26-13-6-5-7-22-10-13)19(27-21(25-12)23-11-24-27)14-8-16(30-3)17(31-4)9-15(14)29-2/h5-11,19H,1-4H3,(H,26,28)(H,23,24,25). The summed E-state index contributed by atoms with van der Waals surface area (Å²) in [5.41, 5.74) is 2.34. The number of carbonyl (C=O) groups is 1. The van der Waals surface area contributed by atoms with Gasteiger partial charge in [-0.25, -0.2) is 4.68 Å². The summed E-state index contributed by atoms with van der Waals surface area (Å²) in [5.74, 6) is 1.74. The summed E-state index contributed by atoms with van der Waals surface area (Å²) in [5, 5.41) is 10.4. The monoisotopic (exact) mass is 422 g/mol. The Bertz CT molecular complexity index is 1140. The molecule has 1 unspecified atom stereocenters. The van der Waals surface area contributed by atoms with Crippen LogP contribution in [0.25, 0.3) is 0 Å². The molecule has 0 saturated carbocycles. The SMILES string of the molecule is COc1cc(OC)c(C2C(C(=O)Nc3cccnc3)=C(C)Nc3ncnn32)cc1OC. The molecule has 2 aromatic heterocycles. The number of allylic oxidation sites excluding steroid dienone is 1. The van der Waals surface area contributed by atoms with Crippen LogP contribution in [0.1, 0.15) is 18.5 Å². The molecule has 3 heterocycles. The van der Waals surface area contributed by atoms with Crippen molar-refractivity contribution in [3.05, 3.63) is 59.8 Å². The number of amides is 1. The molecule has 0 saturated heterocycles. The maximum Gasteiger partial charge on any atom is 0.255 e. The number of pyridine rings is 1. The molecular weight excluding hydrogens is 400 g/mol. The molecule has 160 valence electrons. The first-order valence-electron chi connectivity index (χ1n) is 9.46. The number of nitrogens with one attached hydrogen (secondary N) is 2. The average molecular weight is 422 g/mol. The third-order valence-electron chi connectivity index (χ3n) is 4.99. The summed E-state index contributed by atoms with van der Waals surface area (Å²) >= 11 is 0. The fourth-order valence-electron chi connectivity index (χ4n) is 3.57. The van der Waals surface area contributed by atoms with Crippen molar-refractivity contribution in [2.24, 2.45) is 0 Å². The third kappa shape index (κ3) is 3.63. The van der Waals surface area contributed by atoms with Crippen LogP contribution in [-0.4, -0.2) is 47.0 Å². The fourth-order valence-corrected chi connectivity index (χ4v) is 3.57. The van der Waals surface area contributed by atoms with Crippen LogP contribution in [0.2, 0.25) is 0 Å². The highest BCUT2D eigenvalue weighted by molar-refractivity contribution is 6.06. The second kappa shape index (κ2) is 8.34. The van der Waals surface area contributed by atoms with Gasteiger partial charge in [0.2, 0.25) is 5.95 Å². The van der Waals surface area contributed by atoms with Gasteiger partial charge in [0.15, 0.2) is 11.5 Å². The van der Waals surface area contributed by atoms with Crippen molar-refractivity contribution in [2.75, 3.05) is 32.0 Å². The Labute approximate surface area is 178 Å². The quantitative estimate of drug-likeness (QED) is 0.623. The van der Waals surface area contributed by atoms with Crippen LogP contribution in [0.3, 0.4) is 0 Å². The van der Waals surface area contributed by atoms with Crippen molar-refractivity contribution in [1.29, 1.82) is 0 Å². The summed E-state index contributed by atoms with van der Waals surface area (Å²) in [6.45, 7) is 1.82. The summed E-state index contributed by atoms with van der Waals surface area (Å²) in [6, 6.07) is 6.40. The minimum Gasteiger partial charge on any atom is -0.496 e. The summed E-state index contributed by atoms with van der Waals surface area (Å²) in [6.07, 6.45) is 4.65. The normalized spacial score (nSPS) is 15.0. The number of methoxy groups -OCH3 is 3. The van der Waals surface area contributed by atoms with Crippen LogP contribution in [0.4, 0.5) is 11.6 Å². The van der Waals surface area contributed by atoms with Crippen LogP contribution in [0.5, 0.6) is 17.2 Å². The first-order valence-corrected chi connectivity index (χ1v) is 9.46. The van der Waals surface area contributed by atoms with E-state index in [4.69, 9.17) is 14.2 Å². The highest BCUT2D eigenvalue weighted by Crippen LogP contribution is 2.43. The molecule has 1 aromatic carbocycles. The topological polar surface area (TPSA) is 112 Å². The zero-order valence-electron chi connectivity index (χ0n) is 17.5. The Morgan fingerprint density at radius 1 is 1.13 bits per heavy atom. The smallest absolute Gasteiger partial charge is 0.255 e. The molecule has 31 heavy (non-hydrogen) atoms. The summed E-state index contributed by atoms with van der Waals surface area (Å²) in [4.78, 5) is 21.7. The van der Waals surface area contributed by atoms with E-state index in [2.05, 4.69) is 25.7 Å². The molecule has 0 aliphatic carbocycles. The lowest BCUT2D eigenvalue weighted by Crippen LogP contribution is -2.31. The van der Waals surface area contributed by atoms with E-state index in [9.17, 15) is 4.79 Å². The number of anilines is 2. The highest BCUT2D eigenvalue weighted by atomic mass is 16.5. The van der Waals surface area contributed by atoms with E-state index < -0.39 is 6.04 Å². The van der Waals surface area contributed by atoms with Gasteiger partial charge in [0.05, 0.1) is 38.8 Å². The Morgan fingerprint density at radius 2 is 1.87 bits per heavy atom. The minimum atomic E-state index is -0.620. The number of hydrogen-bond donors (Lipinski definition) is 2. The predicted octanol–water partition coefficient (Wildman–Crippen LogP) is 2.63. The number of benzene rings is 1. The number of fused-ring (bicyclic) bond motifs is 1. The second-order valence-electron chi connectivity index (χ2n) is 6.74. The van der Waals surface area contributed by atoms with E-state index in [1.807, 2.05) is 6.92 Å². The van der Waals surface area contributed by atoms with E-state index in [0.29, 0.717) is 45.7 Å². The zero-order chi connectivity index (χ0) is 22.0. The van der Waals surface area contributed by atoms with E-state index >= 15 is 0 Å². The van der Waals surface area contributed by atoms with Crippen molar-refractivity contribution in [3.63, 3.8) is 0 Å². The molecule has 2 N–H and O–H groups in total. The molecule has 4 rings (SSSR count). The van der Waals surface area contributed by atoms with Crippen molar-refractivity contribution < 1.29 is 19.0 Å². The van der Waals surface area contributed by atoms with E-state index in [1.54, 1.807) is 62.7 Å². The van der Waals surface area contributed by atoms with Crippen LogP contribution >= 0.6 is 0 Å². The Balaban J connectivity index is 1.86. The molecule has 0 bridgehead atoms. The maximum atomic E-state index is 13.4. The average Bonchev–Trinajstić information content (AvgIpc) is 3.25. The van der Waals surface area contributed by atoms with Gasteiger partial charge in [-0.2, -0.15) is 10.1 Å². The van der Waals surface area contributed by atoms with Gasteiger partial charge < -0.3 is 24.8 Å². The molecule has 0 radical (unpaired) electrons. The number of rotatable bonds is 6. The van der Waals surface area contributed by atoms with Gasteiger partial charge in [-0.3, -0.25) is 9.78 Å². The lowest BCUT2D eigenvalue weighted by Gasteiger charge is -2.30. The van der Waals surface area contributed by atoms with Gasteiger partial charge in [0.25, 0.3) is 5.91 Å². The third-order valence-corrected chi connectivity index (χ3v) is 4.99. The number of carbonyl (C=O) groups excluding carboxylic acids is 1. The van der Waals surface area contributed by atoms with Crippen LogP contribution in [-0.2, 0) is 4.79 Å². The van der Waals surface area contributed by atoms with E-state index in [1.165, 1.54) is 6.33 Å². The summed E-state index contributed by atoms with van der Waals surface area (Å²) in [7, 11) is 4.66. The number of aromatic nitrogens is 4. The number of ether oxygens (including phenoxy) is 3. The van der Waals surface area contributed by atoms with Crippen molar-refractivity contribution in [2.45, 2.75) is 13.0 Å². The van der Waals surface area contributed by atoms with Gasteiger partial charge in [-0.05, 0) is 25.1 Å². The van der Waals surface area contributed by atoms with Crippen LogP contribution < -0.4 is 24.8 Å². The zero-order valence-corrected chi connectivity index (χ0v) is 17.5. The van der Waals surface area contributed by atoms with Crippen LogP contribution in [0.15, 0.2) is 54.3 Å². The lowest BCUT2D eigenvalue weighted by molar-refractivity contribution is -0.113. The molecule has 10 nitrogen and oxygen atoms in total. The first kappa shape index (κ1) is 20.2. The molecule has 10 heteroatoms. The van der Waals surface area contributed by atoms with Gasteiger partial charge in [-0.1, -0.05) is 0 Å². The molecular formula is C21H22N6O4. The van der Waals surface area contributed by atoms with Gasteiger partial charge in [0, 0.05) is 23.5 Å². The predicted molar refractivity (Wildman–Crippen MR) is 113 cm³/mol. The van der Waals surface area contributed by atoms with Crippen molar-refractivity contribution in [3.8, 4) is 17.2 Å². The fraction of sp³-hybridized carbons (Fsp3) is 0.238. The van der Waals surface area contributed by atoms with Crippen LogP contribution in [0, 0.1) is 0 Å². The molecule has 0 spiro atoms. The largest absolute Gasteiger partial charge is 0.496 e. The first-order chi connectivity index (χ1) is 15.1. The van der Waals surface area contributed by atoms with Crippen molar-refractivity contribution >= 4 is 17.5 Å². The molecule has 1 amide bonds. The Kier molecular flexibility index (Phi) is 5.44. The molecule has 0 fully saturated rings. The van der Waals surface area contributed by atoms with E-state index in [-0.39, 0.29) is 5.91 Å². The van der Waals surface area contributed by atoms with Crippen molar-refractivity contribution in [1.82, 2.24) is 19.7 Å². The molecule has 1 atom stereocenters. The molecule has 1 aliphatic heterocycles. The maximum absolute atomic E-state index is 13.4. The van der Waals surface area contributed by atoms with Gasteiger partial charge in [0.1, 0.15) is 18.1 Å². The summed E-state index contributed by atoms with van der Waals surface area (Å²) < 4.78 is 18.2. The molecule has 3 aromatic rings. The van der Waals surface area contributed by atoms with E-state index in [0.717, 1.165) is 0 Å². The minimum absolute atomic E-state index is 0.305. The van der Waals surface area contributed by atoms with Gasteiger partial charge >= 0.3 is 0 Å². The lowest BCUT2D eigenvalue weighted by atomic mass is 9.93. The highest BCUT2D eigenvalue weighted by Gasteiger charge is 2.36. The van der Waals surface area contributed by atoms with Gasteiger partial charge in [-0.15, -0.1) is 0 Å². The number of nitrogens with zero attached hydrogens (tertiary/aromatic N) is 4. The second-order valence-corrected chi connectivity index (χ2v) is 6.74. The Hall–Kier alpha value is -4.08.